The fourth-order valence-corrected chi connectivity index (χ4v) is 6.59. The molecule has 1 saturated heterocycles. The fraction of sp³-hybridized carbons (Fsp3) is 0.619. The van der Waals surface area contributed by atoms with Gasteiger partial charge in [-0.25, -0.2) is 8.42 Å². The van der Waals surface area contributed by atoms with Gasteiger partial charge in [0.1, 0.15) is 0 Å². The zero-order chi connectivity index (χ0) is 19.9. The van der Waals surface area contributed by atoms with E-state index in [1.54, 1.807) is 12.1 Å². The summed E-state index contributed by atoms with van der Waals surface area (Å²) >= 11 is 0. The molecule has 0 radical (unpaired) electrons. The molecule has 7 heteroatoms. The molecule has 0 unspecified atom stereocenters. The summed E-state index contributed by atoms with van der Waals surface area (Å²) in [4.78, 5) is 26.1. The first-order chi connectivity index (χ1) is 13.3. The molecule has 2 aliphatic carbocycles. The van der Waals surface area contributed by atoms with Crippen molar-refractivity contribution in [3.63, 3.8) is 0 Å². The molecule has 2 saturated carbocycles. The third-order valence-electron chi connectivity index (χ3n) is 6.81. The van der Waals surface area contributed by atoms with E-state index in [9.17, 15) is 18.0 Å². The maximum absolute atomic E-state index is 12.8. The third kappa shape index (κ3) is 3.74. The highest BCUT2D eigenvalue weighted by atomic mass is 32.2. The standard InChI is InChI=1S/C21H28N2O4S/c1-15(24)17-4-6-20(7-5-17)28(26,27)23-10-8-22(9-11-23)21(25)14-19-13-16-2-3-18(19)12-16/h4-7,16,18-19H,2-3,8-14H2,1H3/t16-,18+,19-/m0/s1. The predicted molar refractivity (Wildman–Crippen MR) is 105 cm³/mol. The van der Waals surface area contributed by atoms with E-state index in [2.05, 4.69) is 0 Å². The Morgan fingerprint density at radius 3 is 2.21 bits per heavy atom. The van der Waals surface area contributed by atoms with Crippen LogP contribution in [0.2, 0.25) is 0 Å². The van der Waals surface area contributed by atoms with Gasteiger partial charge in [-0.05, 0) is 56.1 Å². The average Bonchev–Trinajstić information content (AvgIpc) is 3.31. The van der Waals surface area contributed by atoms with Gasteiger partial charge in [-0.15, -0.1) is 0 Å². The summed E-state index contributed by atoms with van der Waals surface area (Å²) in [5.74, 6) is 2.19. The number of sulfonamides is 1. The minimum Gasteiger partial charge on any atom is -0.340 e. The van der Waals surface area contributed by atoms with Crippen molar-refractivity contribution in [1.29, 1.82) is 0 Å². The maximum atomic E-state index is 12.8. The summed E-state index contributed by atoms with van der Waals surface area (Å²) < 4.78 is 27.1. The van der Waals surface area contributed by atoms with Gasteiger partial charge in [-0.3, -0.25) is 9.59 Å². The van der Waals surface area contributed by atoms with Gasteiger partial charge in [0.15, 0.2) is 5.78 Å². The molecule has 28 heavy (non-hydrogen) atoms. The smallest absolute Gasteiger partial charge is 0.243 e. The Hall–Kier alpha value is -1.73. The van der Waals surface area contributed by atoms with Gasteiger partial charge in [-0.2, -0.15) is 4.31 Å². The lowest BCUT2D eigenvalue weighted by atomic mass is 9.86. The van der Waals surface area contributed by atoms with Crippen molar-refractivity contribution in [2.75, 3.05) is 26.2 Å². The number of fused-ring (bicyclic) bond motifs is 2. The molecular weight excluding hydrogens is 376 g/mol. The molecule has 1 amide bonds. The Morgan fingerprint density at radius 2 is 1.68 bits per heavy atom. The van der Waals surface area contributed by atoms with Crippen LogP contribution in [-0.4, -0.2) is 55.5 Å². The van der Waals surface area contributed by atoms with Crippen molar-refractivity contribution in [3.05, 3.63) is 29.8 Å². The first kappa shape index (κ1) is 19.6. The minimum absolute atomic E-state index is 0.0911. The second-order valence-corrected chi connectivity index (χ2v) is 10.4. The quantitative estimate of drug-likeness (QED) is 0.707. The number of hydrogen-bond donors (Lipinski definition) is 0. The molecule has 3 fully saturated rings. The molecule has 6 nitrogen and oxygen atoms in total. The highest BCUT2D eigenvalue weighted by Crippen LogP contribution is 2.49. The Balaban J connectivity index is 1.34. The van der Waals surface area contributed by atoms with Crippen molar-refractivity contribution < 1.29 is 18.0 Å². The van der Waals surface area contributed by atoms with Crippen LogP contribution in [0, 0.1) is 17.8 Å². The number of ketones is 1. The minimum atomic E-state index is -3.60. The summed E-state index contributed by atoms with van der Waals surface area (Å²) in [6.45, 7) is 2.99. The van der Waals surface area contributed by atoms with Crippen LogP contribution < -0.4 is 0 Å². The average molecular weight is 405 g/mol. The number of nitrogens with zero attached hydrogens (tertiary/aromatic N) is 2. The van der Waals surface area contributed by atoms with Crippen LogP contribution in [0.5, 0.6) is 0 Å². The van der Waals surface area contributed by atoms with Crippen LogP contribution in [0.4, 0.5) is 0 Å². The number of benzene rings is 1. The summed E-state index contributed by atoms with van der Waals surface area (Å²) in [6, 6.07) is 6.06. The van der Waals surface area contributed by atoms with Crippen molar-refractivity contribution in [2.24, 2.45) is 17.8 Å². The van der Waals surface area contributed by atoms with E-state index in [1.807, 2.05) is 4.90 Å². The second-order valence-electron chi connectivity index (χ2n) is 8.50. The number of rotatable bonds is 5. The van der Waals surface area contributed by atoms with E-state index in [0.717, 1.165) is 11.8 Å². The Kier molecular flexibility index (Phi) is 5.31. The first-order valence-corrected chi connectivity index (χ1v) is 11.7. The number of piperazine rings is 1. The van der Waals surface area contributed by atoms with Crippen LogP contribution in [0.15, 0.2) is 29.2 Å². The summed E-state index contributed by atoms with van der Waals surface area (Å²) in [6.07, 6.45) is 5.73. The van der Waals surface area contributed by atoms with Crippen LogP contribution in [0.3, 0.4) is 0 Å². The molecule has 0 N–H and O–H groups in total. The van der Waals surface area contributed by atoms with Crippen LogP contribution in [0.1, 0.15) is 49.4 Å². The highest BCUT2D eigenvalue weighted by Gasteiger charge is 2.41. The molecule has 0 aromatic heterocycles. The molecular formula is C21H28N2O4S. The van der Waals surface area contributed by atoms with Gasteiger partial charge in [0.25, 0.3) is 0 Å². The summed E-state index contributed by atoms with van der Waals surface area (Å²) in [5, 5.41) is 0. The van der Waals surface area contributed by atoms with Gasteiger partial charge < -0.3 is 4.90 Å². The topological polar surface area (TPSA) is 74.8 Å². The summed E-state index contributed by atoms with van der Waals surface area (Å²) in [7, 11) is -3.60. The third-order valence-corrected chi connectivity index (χ3v) is 8.72. The molecule has 0 spiro atoms. The first-order valence-electron chi connectivity index (χ1n) is 10.2. The van der Waals surface area contributed by atoms with E-state index in [4.69, 9.17) is 0 Å². The van der Waals surface area contributed by atoms with Crippen LogP contribution in [0.25, 0.3) is 0 Å². The zero-order valence-corrected chi connectivity index (χ0v) is 17.2. The van der Waals surface area contributed by atoms with Gasteiger partial charge in [0.2, 0.25) is 15.9 Å². The van der Waals surface area contributed by atoms with Crippen molar-refractivity contribution in [1.82, 2.24) is 9.21 Å². The van der Waals surface area contributed by atoms with E-state index in [0.29, 0.717) is 44.1 Å². The monoisotopic (exact) mass is 404 g/mol. The lowest BCUT2D eigenvalue weighted by Gasteiger charge is -2.35. The lowest BCUT2D eigenvalue weighted by Crippen LogP contribution is -2.50. The number of hydrogen-bond acceptors (Lipinski definition) is 4. The molecule has 1 aliphatic heterocycles. The second kappa shape index (κ2) is 7.59. The van der Waals surface area contributed by atoms with Crippen LogP contribution >= 0.6 is 0 Å². The maximum Gasteiger partial charge on any atom is 0.243 e. The number of Topliss-reactive ketones (excluding diaryl/α,β-unsaturated/α-hetero) is 1. The van der Waals surface area contributed by atoms with E-state index >= 15 is 0 Å². The molecule has 1 aromatic carbocycles. The largest absolute Gasteiger partial charge is 0.340 e. The number of carbonyl (C=O) groups is 2. The number of amides is 1. The van der Waals surface area contributed by atoms with Gasteiger partial charge in [0.05, 0.1) is 4.90 Å². The Morgan fingerprint density at radius 1 is 1.00 bits per heavy atom. The van der Waals surface area contributed by atoms with Crippen molar-refractivity contribution in [3.8, 4) is 0 Å². The molecule has 3 aliphatic rings. The molecule has 152 valence electrons. The predicted octanol–water partition coefficient (Wildman–Crippen LogP) is 2.55. The van der Waals surface area contributed by atoms with E-state index in [-0.39, 0.29) is 16.6 Å². The lowest BCUT2D eigenvalue weighted by molar-refractivity contribution is -0.133. The Labute approximate surface area is 166 Å². The van der Waals surface area contributed by atoms with E-state index < -0.39 is 10.0 Å². The molecule has 1 heterocycles. The number of carbonyl (C=O) groups excluding carboxylic acids is 2. The fourth-order valence-electron chi connectivity index (χ4n) is 5.17. The molecule has 3 atom stereocenters. The summed E-state index contributed by atoms with van der Waals surface area (Å²) in [5.41, 5.74) is 0.495. The van der Waals surface area contributed by atoms with Crippen LogP contribution in [-0.2, 0) is 14.8 Å². The normalized spacial score (nSPS) is 27.9. The Bertz CT molecular complexity index is 857. The van der Waals surface area contributed by atoms with Crippen molar-refractivity contribution in [2.45, 2.75) is 43.9 Å². The molecule has 1 aromatic rings. The molecule has 4 rings (SSSR count). The van der Waals surface area contributed by atoms with E-state index in [1.165, 1.54) is 49.0 Å². The van der Waals surface area contributed by atoms with Crippen molar-refractivity contribution >= 4 is 21.7 Å². The molecule has 2 bridgehead atoms. The van der Waals surface area contributed by atoms with Gasteiger partial charge in [0, 0.05) is 38.2 Å². The SMILES string of the molecule is CC(=O)c1ccc(S(=O)(=O)N2CCN(C(=O)C[C@@H]3C[C@H]4CC[C@@H]3C4)CC2)cc1. The van der Waals surface area contributed by atoms with Gasteiger partial charge in [-0.1, -0.05) is 18.6 Å². The highest BCUT2D eigenvalue weighted by molar-refractivity contribution is 7.89. The van der Waals surface area contributed by atoms with Gasteiger partial charge >= 0.3 is 0 Å². The zero-order valence-electron chi connectivity index (χ0n) is 16.3.